The van der Waals surface area contributed by atoms with Crippen molar-refractivity contribution in [3.05, 3.63) is 36.5 Å². The summed E-state index contributed by atoms with van der Waals surface area (Å²) in [5, 5.41) is 20.1. The van der Waals surface area contributed by atoms with E-state index in [-0.39, 0.29) is 16.4 Å². The summed E-state index contributed by atoms with van der Waals surface area (Å²) < 4.78 is 0. The Balaban J connectivity index is 6.55. The number of carboxylic acid groups (broad SMARTS) is 2. The molecule has 1 unspecified atom stereocenters. The number of carbonyl (C=O) groups is 2. The second-order valence-electron chi connectivity index (χ2n) is 10.7. The number of hydrogen-bond acceptors (Lipinski definition) is 2. The fourth-order valence-corrected chi connectivity index (χ4v) is 4.89. The molecule has 0 aromatic carbocycles. The zero-order valence-electron chi connectivity index (χ0n) is 19.3. The van der Waals surface area contributed by atoms with E-state index in [1.54, 1.807) is 6.92 Å². The molecule has 0 aromatic heterocycles. The average molecular weight is 393 g/mol. The molecule has 0 aliphatic carbocycles. The van der Waals surface area contributed by atoms with Gasteiger partial charge in [-0.25, -0.2) is 4.79 Å². The lowest BCUT2D eigenvalue weighted by atomic mass is 9.63. The van der Waals surface area contributed by atoms with Gasteiger partial charge in [0, 0.05) is 5.57 Å². The second-order valence-corrected chi connectivity index (χ2v) is 10.7. The first-order valence-electron chi connectivity index (χ1n) is 9.78. The quantitative estimate of drug-likeness (QED) is 0.317. The van der Waals surface area contributed by atoms with E-state index in [0.29, 0.717) is 18.4 Å². The van der Waals surface area contributed by atoms with E-state index in [1.807, 2.05) is 67.5 Å². The van der Waals surface area contributed by atoms with E-state index >= 15 is 0 Å². The molecule has 0 spiro atoms. The van der Waals surface area contributed by atoms with Gasteiger partial charge < -0.3 is 10.2 Å². The molecular formula is C24H40O4. The third kappa shape index (κ3) is 6.65. The van der Waals surface area contributed by atoms with Crippen LogP contribution in [-0.4, -0.2) is 22.2 Å². The van der Waals surface area contributed by atoms with E-state index in [1.165, 1.54) is 0 Å². The van der Waals surface area contributed by atoms with Gasteiger partial charge in [0.1, 0.15) is 0 Å². The van der Waals surface area contributed by atoms with Gasteiger partial charge in [-0.1, -0.05) is 67.5 Å². The summed E-state index contributed by atoms with van der Waals surface area (Å²) in [6.07, 6.45) is 4.76. The van der Waals surface area contributed by atoms with Gasteiger partial charge in [-0.05, 0) is 47.0 Å². The lowest BCUT2D eigenvalue weighted by Crippen LogP contribution is -2.38. The molecule has 0 aliphatic heterocycles. The van der Waals surface area contributed by atoms with Crippen LogP contribution in [0.1, 0.15) is 75.2 Å². The molecule has 0 saturated heterocycles. The van der Waals surface area contributed by atoms with Crippen molar-refractivity contribution < 1.29 is 19.8 Å². The molecule has 4 nitrogen and oxygen atoms in total. The second kappa shape index (κ2) is 8.67. The number of allylic oxidation sites excluding steroid dienone is 2. The van der Waals surface area contributed by atoms with Gasteiger partial charge in [-0.15, -0.1) is 13.2 Å². The Bertz CT molecular complexity index is 660. The van der Waals surface area contributed by atoms with E-state index in [4.69, 9.17) is 0 Å². The minimum atomic E-state index is -1.06. The number of rotatable bonds is 11. The Morgan fingerprint density at radius 2 is 1.25 bits per heavy atom. The normalized spacial score (nSPS) is 15.5. The minimum Gasteiger partial charge on any atom is -0.481 e. The van der Waals surface area contributed by atoms with Crippen LogP contribution in [0, 0.1) is 27.6 Å². The highest BCUT2D eigenvalue weighted by atomic mass is 16.4. The molecule has 0 rings (SSSR count). The molecule has 4 heteroatoms. The predicted octanol–water partition coefficient (Wildman–Crippen LogP) is 6.35. The summed E-state index contributed by atoms with van der Waals surface area (Å²) in [6, 6.07) is 0. The summed E-state index contributed by atoms with van der Waals surface area (Å²) in [7, 11) is 0. The van der Waals surface area contributed by atoms with Crippen molar-refractivity contribution >= 4 is 11.9 Å². The van der Waals surface area contributed by atoms with Crippen LogP contribution in [0.25, 0.3) is 0 Å². The van der Waals surface area contributed by atoms with Crippen molar-refractivity contribution in [2.24, 2.45) is 27.6 Å². The molecular weight excluding hydrogens is 352 g/mol. The Hall–Kier alpha value is -1.84. The first-order chi connectivity index (χ1) is 12.3. The van der Waals surface area contributed by atoms with Crippen LogP contribution in [0.2, 0.25) is 0 Å². The summed E-state index contributed by atoms with van der Waals surface area (Å²) in [5.74, 6) is -2.98. The fraction of sp³-hybridized carbons (Fsp3) is 0.667. The van der Waals surface area contributed by atoms with Crippen LogP contribution in [0.4, 0.5) is 0 Å². The van der Waals surface area contributed by atoms with Crippen LogP contribution in [0.5, 0.6) is 0 Å². The summed E-state index contributed by atoms with van der Waals surface area (Å²) in [4.78, 5) is 24.6. The van der Waals surface area contributed by atoms with Crippen LogP contribution in [0.15, 0.2) is 36.5 Å². The first kappa shape index (κ1) is 26.2. The molecule has 0 aliphatic rings. The Morgan fingerprint density at radius 1 is 0.857 bits per heavy atom. The van der Waals surface area contributed by atoms with Gasteiger partial charge in [-0.3, -0.25) is 4.79 Å². The van der Waals surface area contributed by atoms with Gasteiger partial charge in [0.2, 0.25) is 0 Å². The standard InChI is InChI=1S/C24H40O4/c1-12-21(4,5)14-23(8,9)17(19(25)26)16(3)18(20(27)28)24(10,11)15-22(6,7)13-2/h12-13,17H,1-2,14-15H2,3-11H3,(H,25,26)(H,27,28)/b18-16-. The molecule has 0 heterocycles. The highest BCUT2D eigenvalue weighted by Gasteiger charge is 2.44. The summed E-state index contributed by atoms with van der Waals surface area (Å²) in [5.41, 5.74) is -1.32. The number of carboxylic acids is 2. The van der Waals surface area contributed by atoms with Crippen LogP contribution in [-0.2, 0) is 9.59 Å². The molecule has 2 N–H and O–H groups in total. The third-order valence-electron chi connectivity index (χ3n) is 5.66. The molecule has 160 valence electrons. The number of aliphatic carboxylic acids is 2. The maximum atomic E-state index is 12.3. The van der Waals surface area contributed by atoms with E-state index < -0.39 is 28.7 Å². The fourth-order valence-electron chi connectivity index (χ4n) is 4.89. The lowest BCUT2D eigenvalue weighted by Gasteiger charge is -2.40. The Labute approximate surface area is 171 Å². The Kier molecular flexibility index (Phi) is 8.10. The topological polar surface area (TPSA) is 74.6 Å². The number of hydrogen-bond donors (Lipinski definition) is 2. The van der Waals surface area contributed by atoms with Crippen molar-refractivity contribution in [1.82, 2.24) is 0 Å². The molecule has 1 atom stereocenters. The maximum Gasteiger partial charge on any atom is 0.332 e. The third-order valence-corrected chi connectivity index (χ3v) is 5.66. The molecule has 0 fully saturated rings. The molecule has 0 bridgehead atoms. The molecule has 0 radical (unpaired) electrons. The van der Waals surface area contributed by atoms with E-state index in [0.717, 1.165) is 0 Å². The van der Waals surface area contributed by atoms with Crippen molar-refractivity contribution in [2.45, 2.75) is 75.2 Å². The summed E-state index contributed by atoms with van der Waals surface area (Å²) in [6.45, 7) is 24.9. The van der Waals surface area contributed by atoms with Gasteiger partial charge >= 0.3 is 11.9 Å². The SMILES string of the molecule is C=CC(C)(C)CC(C)(C)/C(C(=O)O)=C(/C)C(C(=O)O)C(C)(C)CC(C)(C)C=C. The van der Waals surface area contributed by atoms with Crippen LogP contribution >= 0.6 is 0 Å². The van der Waals surface area contributed by atoms with Crippen molar-refractivity contribution in [2.75, 3.05) is 0 Å². The van der Waals surface area contributed by atoms with Gasteiger partial charge in [0.15, 0.2) is 0 Å². The largest absolute Gasteiger partial charge is 0.481 e. The highest BCUT2D eigenvalue weighted by molar-refractivity contribution is 5.91. The maximum absolute atomic E-state index is 12.3. The molecule has 28 heavy (non-hydrogen) atoms. The smallest absolute Gasteiger partial charge is 0.332 e. The van der Waals surface area contributed by atoms with E-state index in [9.17, 15) is 19.8 Å². The monoisotopic (exact) mass is 392 g/mol. The zero-order chi connectivity index (χ0) is 22.7. The highest BCUT2D eigenvalue weighted by Crippen LogP contribution is 2.47. The van der Waals surface area contributed by atoms with Gasteiger partial charge in [-0.2, -0.15) is 0 Å². The van der Waals surface area contributed by atoms with E-state index in [2.05, 4.69) is 13.2 Å². The first-order valence-corrected chi connectivity index (χ1v) is 9.78. The van der Waals surface area contributed by atoms with Gasteiger partial charge in [0.05, 0.1) is 5.92 Å². The van der Waals surface area contributed by atoms with Crippen molar-refractivity contribution in [1.29, 1.82) is 0 Å². The van der Waals surface area contributed by atoms with Crippen molar-refractivity contribution in [3.8, 4) is 0 Å². The zero-order valence-corrected chi connectivity index (χ0v) is 19.3. The van der Waals surface area contributed by atoms with Crippen molar-refractivity contribution in [3.63, 3.8) is 0 Å². The van der Waals surface area contributed by atoms with Crippen LogP contribution in [0.3, 0.4) is 0 Å². The molecule has 0 saturated carbocycles. The Morgan fingerprint density at radius 3 is 1.57 bits per heavy atom. The minimum absolute atomic E-state index is 0.180. The van der Waals surface area contributed by atoms with Crippen LogP contribution < -0.4 is 0 Å². The summed E-state index contributed by atoms with van der Waals surface area (Å²) >= 11 is 0. The molecule has 0 aromatic rings. The molecule has 0 amide bonds. The lowest BCUT2D eigenvalue weighted by molar-refractivity contribution is -0.144. The van der Waals surface area contributed by atoms with Gasteiger partial charge in [0.25, 0.3) is 0 Å². The average Bonchev–Trinajstić information content (AvgIpc) is 2.43. The predicted molar refractivity (Wildman–Crippen MR) is 116 cm³/mol.